The molecule has 1 aliphatic carbocycles. The number of hydrogen-bond donors (Lipinski definition) is 2. The molecule has 2 rings (SSSR count). The summed E-state index contributed by atoms with van der Waals surface area (Å²) in [5.74, 6) is -1.74. The van der Waals surface area contributed by atoms with Crippen LogP contribution < -0.4 is 11.1 Å². The van der Waals surface area contributed by atoms with Gasteiger partial charge < -0.3 is 11.1 Å². The van der Waals surface area contributed by atoms with Crippen molar-refractivity contribution in [3.05, 3.63) is 29.8 Å². The number of amides is 1. The molecule has 1 saturated carbocycles. The van der Waals surface area contributed by atoms with E-state index >= 15 is 0 Å². The topological polar surface area (TPSA) is 58.4 Å². The molecule has 1 amide bonds. The number of halogens is 2. The maximum atomic E-state index is 13.5. The molecule has 116 valence electrons. The Morgan fingerprint density at radius 1 is 1.33 bits per heavy atom. The van der Waals surface area contributed by atoms with Crippen LogP contribution in [0.4, 0.5) is 14.5 Å². The molecular formula is C15H21F2N3O. The molecule has 0 unspecified atom stereocenters. The molecule has 4 nitrogen and oxygen atoms in total. The van der Waals surface area contributed by atoms with Crippen molar-refractivity contribution in [2.45, 2.75) is 37.8 Å². The normalized spacial score (nSPS) is 22.3. The Bertz CT molecular complexity index is 502. The SMILES string of the molecule is CN(CC(=O)Nc1ccc(F)cc1F)C1CCC(N)CC1. The van der Waals surface area contributed by atoms with Gasteiger partial charge in [0.05, 0.1) is 12.2 Å². The van der Waals surface area contributed by atoms with Crippen molar-refractivity contribution in [3.8, 4) is 0 Å². The molecule has 0 atom stereocenters. The highest BCUT2D eigenvalue weighted by atomic mass is 19.1. The molecule has 3 N–H and O–H groups in total. The van der Waals surface area contributed by atoms with E-state index < -0.39 is 11.6 Å². The average molecular weight is 297 g/mol. The van der Waals surface area contributed by atoms with E-state index in [1.54, 1.807) is 0 Å². The average Bonchev–Trinajstić information content (AvgIpc) is 2.42. The Kier molecular flexibility index (Phi) is 5.25. The second kappa shape index (κ2) is 6.95. The summed E-state index contributed by atoms with van der Waals surface area (Å²) in [7, 11) is 1.88. The quantitative estimate of drug-likeness (QED) is 0.895. The van der Waals surface area contributed by atoms with Crippen molar-refractivity contribution >= 4 is 11.6 Å². The van der Waals surface area contributed by atoms with Gasteiger partial charge in [-0.05, 0) is 44.9 Å². The summed E-state index contributed by atoms with van der Waals surface area (Å²) in [4.78, 5) is 13.9. The molecule has 21 heavy (non-hydrogen) atoms. The smallest absolute Gasteiger partial charge is 0.238 e. The van der Waals surface area contributed by atoms with Crippen LogP contribution >= 0.6 is 0 Å². The van der Waals surface area contributed by atoms with Gasteiger partial charge in [0.25, 0.3) is 0 Å². The van der Waals surface area contributed by atoms with Gasteiger partial charge >= 0.3 is 0 Å². The summed E-state index contributed by atoms with van der Waals surface area (Å²) in [5.41, 5.74) is 5.86. The lowest BCUT2D eigenvalue weighted by Gasteiger charge is -2.33. The van der Waals surface area contributed by atoms with Crippen molar-refractivity contribution in [3.63, 3.8) is 0 Å². The number of nitrogens with zero attached hydrogens (tertiary/aromatic N) is 1. The molecule has 6 heteroatoms. The van der Waals surface area contributed by atoms with Gasteiger partial charge in [-0.2, -0.15) is 0 Å². The molecule has 0 heterocycles. The van der Waals surface area contributed by atoms with Crippen molar-refractivity contribution < 1.29 is 13.6 Å². The molecule has 1 aromatic rings. The summed E-state index contributed by atoms with van der Waals surface area (Å²) >= 11 is 0. The first-order chi connectivity index (χ1) is 9.95. The van der Waals surface area contributed by atoms with Crippen LogP contribution in [0.1, 0.15) is 25.7 Å². The second-order valence-electron chi connectivity index (χ2n) is 5.66. The minimum atomic E-state index is -0.769. The van der Waals surface area contributed by atoms with Crippen LogP contribution in [0.5, 0.6) is 0 Å². The summed E-state index contributed by atoms with van der Waals surface area (Å²) in [6.07, 6.45) is 3.86. The van der Waals surface area contributed by atoms with E-state index in [-0.39, 0.29) is 24.2 Å². The number of likely N-dealkylation sites (N-methyl/N-ethyl adjacent to an activating group) is 1. The zero-order chi connectivity index (χ0) is 15.4. The Labute approximate surface area is 123 Å². The first-order valence-electron chi connectivity index (χ1n) is 7.16. The van der Waals surface area contributed by atoms with E-state index in [1.807, 2.05) is 11.9 Å². The lowest BCUT2D eigenvalue weighted by atomic mass is 9.91. The molecule has 0 spiro atoms. The van der Waals surface area contributed by atoms with Gasteiger partial charge in [-0.1, -0.05) is 0 Å². The molecule has 0 aliphatic heterocycles. The number of rotatable bonds is 4. The van der Waals surface area contributed by atoms with Crippen molar-refractivity contribution in [1.82, 2.24) is 4.90 Å². The van der Waals surface area contributed by atoms with Gasteiger partial charge in [0.2, 0.25) is 5.91 Å². The number of anilines is 1. The van der Waals surface area contributed by atoms with E-state index in [4.69, 9.17) is 5.73 Å². The Morgan fingerprint density at radius 2 is 2.00 bits per heavy atom. The summed E-state index contributed by atoms with van der Waals surface area (Å²) in [5, 5.41) is 2.47. The Morgan fingerprint density at radius 3 is 2.62 bits per heavy atom. The second-order valence-corrected chi connectivity index (χ2v) is 5.66. The number of benzene rings is 1. The van der Waals surface area contributed by atoms with E-state index in [9.17, 15) is 13.6 Å². The minimum Gasteiger partial charge on any atom is -0.328 e. The van der Waals surface area contributed by atoms with Gasteiger partial charge in [0, 0.05) is 18.2 Å². The lowest BCUT2D eigenvalue weighted by molar-refractivity contribution is -0.117. The highest BCUT2D eigenvalue weighted by molar-refractivity contribution is 5.92. The van der Waals surface area contributed by atoms with Gasteiger partial charge in [0.15, 0.2) is 0 Å². The van der Waals surface area contributed by atoms with E-state index in [2.05, 4.69) is 5.32 Å². The molecule has 0 bridgehead atoms. The zero-order valence-electron chi connectivity index (χ0n) is 12.1. The first-order valence-corrected chi connectivity index (χ1v) is 7.16. The number of carbonyl (C=O) groups is 1. The summed E-state index contributed by atoms with van der Waals surface area (Å²) < 4.78 is 26.3. The van der Waals surface area contributed by atoms with Gasteiger partial charge in [-0.25, -0.2) is 8.78 Å². The minimum absolute atomic E-state index is 0.000432. The molecular weight excluding hydrogens is 276 g/mol. The van der Waals surface area contributed by atoms with Crippen molar-refractivity contribution in [1.29, 1.82) is 0 Å². The van der Waals surface area contributed by atoms with Crippen molar-refractivity contribution in [2.24, 2.45) is 5.73 Å². The first kappa shape index (κ1) is 15.9. The number of nitrogens with two attached hydrogens (primary N) is 1. The Hall–Kier alpha value is -1.53. The third-order valence-corrected chi connectivity index (χ3v) is 3.96. The maximum Gasteiger partial charge on any atom is 0.238 e. The van der Waals surface area contributed by atoms with Gasteiger partial charge in [-0.15, -0.1) is 0 Å². The number of nitrogens with one attached hydrogen (secondary N) is 1. The standard InChI is InChI=1S/C15H21F2N3O/c1-20(12-5-3-11(18)4-6-12)9-15(21)19-14-7-2-10(16)8-13(14)17/h2,7-8,11-12H,3-6,9,18H2,1H3,(H,19,21). The van der Waals surface area contributed by atoms with Gasteiger partial charge in [-0.3, -0.25) is 9.69 Å². The highest BCUT2D eigenvalue weighted by Crippen LogP contribution is 2.21. The summed E-state index contributed by atoms with van der Waals surface area (Å²) in [6.45, 7) is 0.177. The van der Waals surface area contributed by atoms with Crippen LogP contribution in [0.3, 0.4) is 0 Å². The van der Waals surface area contributed by atoms with Crippen LogP contribution in [-0.4, -0.2) is 36.5 Å². The molecule has 1 aliphatic rings. The van der Waals surface area contributed by atoms with Crippen LogP contribution in [0.25, 0.3) is 0 Å². The molecule has 0 aromatic heterocycles. The number of carbonyl (C=O) groups excluding carboxylic acids is 1. The molecule has 0 radical (unpaired) electrons. The van der Waals surface area contributed by atoms with Crippen LogP contribution in [-0.2, 0) is 4.79 Å². The van der Waals surface area contributed by atoms with Gasteiger partial charge in [0.1, 0.15) is 11.6 Å². The molecule has 1 fully saturated rings. The maximum absolute atomic E-state index is 13.5. The predicted molar refractivity (Wildman–Crippen MR) is 77.8 cm³/mol. The van der Waals surface area contributed by atoms with E-state index in [0.717, 1.165) is 37.8 Å². The van der Waals surface area contributed by atoms with E-state index in [0.29, 0.717) is 6.04 Å². The Balaban J connectivity index is 1.86. The van der Waals surface area contributed by atoms with Crippen molar-refractivity contribution in [2.75, 3.05) is 18.9 Å². The van der Waals surface area contributed by atoms with Crippen LogP contribution in [0.15, 0.2) is 18.2 Å². The summed E-state index contributed by atoms with van der Waals surface area (Å²) in [6, 6.07) is 3.68. The highest BCUT2D eigenvalue weighted by Gasteiger charge is 2.23. The van der Waals surface area contributed by atoms with Crippen LogP contribution in [0, 0.1) is 11.6 Å². The fraction of sp³-hybridized carbons (Fsp3) is 0.533. The monoisotopic (exact) mass is 297 g/mol. The zero-order valence-corrected chi connectivity index (χ0v) is 12.1. The fourth-order valence-corrected chi connectivity index (χ4v) is 2.68. The molecule has 0 saturated heterocycles. The van der Waals surface area contributed by atoms with Crippen LogP contribution in [0.2, 0.25) is 0 Å². The number of hydrogen-bond acceptors (Lipinski definition) is 3. The largest absolute Gasteiger partial charge is 0.328 e. The van der Waals surface area contributed by atoms with E-state index in [1.165, 1.54) is 6.07 Å². The molecule has 1 aromatic carbocycles. The predicted octanol–water partition coefficient (Wildman–Crippen LogP) is 2.10. The lowest BCUT2D eigenvalue weighted by Crippen LogP contribution is -2.42. The third kappa shape index (κ3) is 4.47. The third-order valence-electron chi connectivity index (χ3n) is 3.96. The fourth-order valence-electron chi connectivity index (χ4n) is 2.68.